The van der Waals surface area contributed by atoms with E-state index in [1.165, 1.54) is 27.3 Å². The maximum Gasteiger partial charge on any atom is 0.435 e. The monoisotopic (exact) mass is 490 g/mol. The molecule has 1 fully saturated rings. The number of alkyl halides is 3. The molecule has 1 N–H and O–H groups in total. The number of likely N-dealkylation sites (tertiary alicyclic amines) is 1. The number of rotatable bonds is 4. The Morgan fingerprint density at radius 3 is 2.54 bits per heavy atom. The second kappa shape index (κ2) is 9.16. The summed E-state index contributed by atoms with van der Waals surface area (Å²) in [6.07, 6.45) is -1.11. The van der Waals surface area contributed by atoms with E-state index in [4.69, 9.17) is 4.74 Å². The summed E-state index contributed by atoms with van der Waals surface area (Å²) in [7, 11) is 2.81. The summed E-state index contributed by atoms with van der Waals surface area (Å²) in [6.45, 7) is 3.85. The first-order valence-corrected chi connectivity index (χ1v) is 11.0. The lowest BCUT2D eigenvalue weighted by Gasteiger charge is -2.37. The highest BCUT2D eigenvalue weighted by Gasteiger charge is 2.39. The number of aryl methyl sites for hydroxylation is 1. The first-order chi connectivity index (χ1) is 16.5. The van der Waals surface area contributed by atoms with Crippen LogP contribution < -0.4 is 10.1 Å². The van der Waals surface area contributed by atoms with Gasteiger partial charge < -0.3 is 15.0 Å². The molecule has 0 spiro atoms. The van der Waals surface area contributed by atoms with E-state index in [1.807, 2.05) is 6.92 Å². The number of halogens is 3. The van der Waals surface area contributed by atoms with Crippen molar-refractivity contribution in [3.63, 3.8) is 0 Å². The van der Waals surface area contributed by atoms with Gasteiger partial charge in [0.25, 0.3) is 11.8 Å². The Hall–Kier alpha value is -3.70. The molecule has 2 amide bonds. The summed E-state index contributed by atoms with van der Waals surface area (Å²) in [6, 6.07) is 2.98. The van der Waals surface area contributed by atoms with Crippen LogP contribution in [-0.4, -0.2) is 62.7 Å². The average molecular weight is 490 g/mol. The topological polar surface area (TPSA) is 102 Å². The van der Waals surface area contributed by atoms with Crippen molar-refractivity contribution in [2.45, 2.75) is 32.5 Å². The lowest BCUT2D eigenvalue weighted by molar-refractivity contribution is -0.141. The van der Waals surface area contributed by atoms with E-state index in [9.17, 15) is 22.8 Å². The number of carbonyl (C=O) groups is 2. The van der Waals surface area contributed by atoms with E-state index in [1.54, 1.807) is 23.2 Å². The molecule has 4 rings (SSSR count). The Labute approximate surface area is 199 Å². The molecule has 9 nitrogen and oxygen atoms in total. The quantitative estimate of drug-likeness (QED) is 0.603. The number of amides is 2. The molecule has 0 radical (unpaired) electrons. The summed E-state index contributed by atoms with van der Waals surface area (Å²) in [5.74, 6) is -0.513. The number of nitrogens with one attached hydrogen (secondary N) is 1. The van der Waals surface area contributed by atoms with Gasteiger partial charge in [0.05, 0.1) is 12.6 Å². The van der Waals surface area contributed by atoms with Crippen molar-refractivity contribution >= 4 is 22.8 Å². The lowest BCUT2D eigenvalue weighted by atomic mass is 9.93. The standard InChI is InChI=1S/C23H25F3N6O3/c1-12-11-32(22(34)14-9-16-18(17(10-14)35-4)28-7-6-27-16)8-5-15(12)29-21(33)19-13(2)20(23(24,25)26)30-31(19)3/h6-7,9-10,12,15H,5,8,11H2,1-4H3,(H,29,33)/t12-,15+/m0/s1. The molecular weight excluding hydrogens is 465 g/mol. The predicted octanol–water partition coefficient (Wildman–Crippen LogP) is 2.98. The molecule has 0 unspecified atom stereocenters. The Kier molecular flexibility index (Phi) is 6.39. The Bertz CT molecular complexity index is 1290. The van der Waals surface area contributed by atoms with Gasteiger partial charge in [-0.15, -0.1) is 0 Å². The minimum atomic E-state index is -4.64. The van der Waals surface area contributed by atoms with Crippen LogP contribution in [0.4, 0.5) is 13.2 Å². The van der Waals surface area contributed by atoms with E-state index >= 15 is 0 Å². The van der Waals surface area contributed by atoms with Gasteiger partial charge in [-0.1, -0.05) is 6.92 Å². The largest absolute Gasteiger partial charge is 0.494 e. The van der Waals surface area contributed by atoms with Crippen molar-refractivity contribution < 1.29 is 27.5 Å². The number of piperidine rings is 1. The first-order valence-electron chi connectivity index (χ1n) is 11.0. The summed E-state index contributed by atoms with van der Waals surface area (Å²) < 4.78 is 45.8. The molecular formula is C23H25F3N6O3. The third-order valence-electron chi connectivity index (χ3n) is 6.28. The Morgan fingerprint density at radius 1 is 1.20 bits per heavy atom. The molecule has 35 heavy (non-hydrogen) atoms. The van der Waals surface area contributed by atoms with Gasteiger partial charge in [0.1, 0.15) is 17.0 Å². The summed E-state index contributed by atoms with van der Waals surface area (Å²) >= 11 is 0. The number of hydrogen-bond acceptors (Lipinski definition) is 6. The zero-order valence-electron chi connectivity index (χ0n) is 19.7. The summed E-state index contributed by atoms with van der Waals surface area (Å²) in [5, 5.41) is 6.31. The normalized spacial score (nSPS) is 18.5. The van der Waals surface area contributed by atoms with Crippen LogP contribution in [0.1, 0.15) is 45.4 Å². The first kappa shape index (κ1) is 24.4. The summed E-state index contributed by atoms with van der Waals surface area (Å²) in [5.41, 5.74) is 0.0815. The number of hydrogen-bond donors (Lipinski definition) is 1. The number of methoxy groups -OCH3 is 1. The minimum absolute atomic E-state index is 0.130. The molecule has 0 aliphatic carbocycles. The van der Waals surface area contributed by atoms with Crippen molar-refractivity contribution in [2.24, 2.45) is 13.0 Å². The smallest absolute Gasteiger partial charge is 0.435 e. The number of carbonyl (C=O) groups excluding carboxylic acids is 2. The SMILES string of the molecule is COc1cc(C(=O)N2CC[C@@H](NC(=O)c3c(C)c(C(F)(F)F)nn3C)[C@@H](C)C2)cc2nccnc12. The number of fused-ring (bicyclic) bond motifs is 1. The fourth-order valence-electron chi connectivity index (χ4n) is 4.50. The zero-order valence-corrected chi connectivity index (χ0v) is 19.7. The molecule has 1 aliphatic rings. The van der Waals surface area contributed by atoms with E-state index in [0.717, 1.165) is 4.68 Å². The van der Waals surface area contributed by atoms with Gasteiger partial charge >= 0.3 is 6.18 Å². The highest BCUT2D eigenvalue weighted by Crippen LogP contribution is 2.32. The van der Waals surface area contributed by atoms with Crippen LogP contribution in [0.3, 0.4) is 0 Å². The van der Waals surface area contributed by atoms with Gasteiger partial charge in [0.15, 0.2) is 5.69 Å². The highest BCUT2D eigenvalue weighted by atomic mass is 19.4. The van der Waals surface area contributed by atoms with Crippen molar-refractivity contribution in [3.05, 3.63) is 47.0 Å². The third kappa shape index (κ3) is 4.64. The van der Waals surface area contributed by atoms with Crippen LogP contribution in [0.25, 0.3) is 11.0 Å². The molecule has 0 saturated carbocycles. The van der Waals surface area contributed by atoms with E-state index < -0.39 is 17.8 Å². The van der Waals surface area contributed by atoms with Gasteiger partial charge in [-0.25, -0.2) is 4.98 Å². The molecule has 3 heterocycles. The number of benzene rings is 1. The van der Waals surface area contributed by atoms with Crippen LogP contribution in [0.5, 0.6) is 5.75 Å². The van der Waals surface area contributed by atoms with Gasteiger partial charge in [-0.05, 0) is 31.4 Å². The van der Waals surface area contributed by atoms with Crippen molar-refractivity contribution in [3.8, 4) is 5.75 Å². The molecule has 2 aromatic heterocycles. The third-order valence-corrected chi connectivity index (χ3v) is 6.28. The molecule has 12 heteroatoms. The maximum atomic E-state index is 13.2. The molecule has 1 aliphatic heterocycles. The number of ether oxygens (including phenoxy) is 1. The van der Waals surface area contributed by atoms with Crippen molar-refractivity contribution in [2.75, 3.05) is 20.2 Å². The maximum absolute atomic E-state index is 13.2. The average Bonchev–Trinajstić information content (AvgIpc) is 3.13. The van der Waals surface area contributed by atoms with Crippen molar-refractivity contribution in [1.29, 1.82) is 0 Å². The highest BCUT2D eigenvalue weighted by molar-refractivity contribution is 5.99. The van der Waals surface area contributed by atoms with Crippen molar-refractivity contribution in [1.82, 2.24) is 30.0 Å². The zero-order chi connectivity index (χ0) is 25.5. The minimum Gasteiger partial charge on any atom is -0.494 e. The molecule has 1 saturated heterocycles. The van der Waals surface area contributed by atoms with Gasteiger partial charge in [-0.3, -0.25) is 19.3 Å². The van der Waals surface area contributed by atoms with E-state index in [0.29, 0.717) is 41.9 Å². The molecule has 1 aromatic carbocycles. The van der Waals surface area contributed by atoms with Crippen LogP contribution in [0.15, 0.2) is 24.5 Å². The Balaban J connectivity index is 1.47. The molecule has 186 valence electrons. The van der Waals surface area contributed by atoms with E-state index in [-0.39, 0.29) is 29.1 Å². The van der Waals surface area contributed by atoms with Gasteiger partial charge in [0, 0.05) is 49.7 Å². The van der Waals surface area contributed by atoms with Crippen LogP contribution in [0, 0.1) is 12.8 Å². The van der Waals surface area contributed by atoms with Gasteiger partial charge in [0.2, 0.25) is 0 Å². The lowest BCUT2D eigenvalue weighted by Crippen LogP contribution is -2.51. The second-order valence-electron chi connectivity index (χ2n) is 8.64. The fourth-order valence-corrected chi connectivity index (χ4v) is 4.50. The van der Waals surface area contributed by atoms with Crippen LogP contribution in [0.2, 0.25) is 0 Å². The Morgan fingerprint density at radius 2 is 1.91 bits per heavy atom. The summed E-state index contributed by atoms with van der Waals surface area (Å²) in [4.78, 5) is 36.2. The second-order valence-corrected chi connectivity index (χ2v) is 8.64. The molecule has 3 aromatic rings. The van der Waals surface area contributed by atoms with Crippen LogP contribution in [-0.2, 0) is 13.2 Å². The van der Waals surface area contributed by atoms with Gasteiger partial charge in [-0.2, -0.15) is 18.3 Å². The molecule has 0 bridgehead atoms. The number of aromatic nitrogens is 4. The fraction of sp³-hybridized carbons (Fsp3) is 0.435. The van der Waals surface area contributed by atoms with E-state index in [2.05, 4.69) is 20.4 Å². The number of nitrogens with zero attached hydrogens (tertiary/aromatic N) is 5. The predicted molar refractivity (Wildman–Crippen MR) is 120 cm³/mol. The molecule has 2 atom stereocenters. The van der Waals surface area contributed by atoms with Crippen LogP contribution >= 0.6 is 0 Å².